The molecule has 2 unspecified atom stereocenters. The molecule has 2 aliphatic rings. The molecule has 0 amide bonds. The molecular weight excluding hydrogens is 243 g/mol. The van der Waals surface area contributed by atoms with E-state index in [1.54, 1.807) is 12.1 Å². The Kier molecular flexibility index (Phi) is 3.56. The predicted molar refractivity (Wildman–Crippen MR) is 71.7 cm³/mol. The van der Waals surface area contributed by atoms with E-state index in [4.69, 9.17) is 10.6 Å². The molecule has 19 heavy (non-hydrogen) atoms. The molecule has 1 aliphatic carbocycles. The van der Waals surface area contributed by atoms with E-state index >= 15 is 0 Å². The van der Waals surface area contributed by atoms with Gasteiger partial charge in [-0.15, -0.1) is 0 Å². The summed E-state index contributed by atoms with van der Waals surface area (Å²) in [6.07, 6.45) is 5.58. The van der Waals surface area contributed by atoms with Gasteiger partial charge in [-0.2, -0.15) is 0 Å². The minimum atomic E-state index is -0.205. The van der Waals surface area contributed by atoms with Gasteiger partial charge < -0.3 is 4.74 Å². The van der Waals surface area contributed by atoms with Crippen LogP contribution in [0.2, 0.25) is 0 Å². The molecule has 1 saturated carbocycles. The number of hydrazine groups is 1. The highest BCUT2D eigenvalue weighted by Crippen LogP contribution is 2.47. The molecular formula is C15H21FN2O. The molecule has 0 bridgehead atoms. The number of rotatable bonds is 3. The van der Waals surface area contributed by atoms with Crippen molar-refractivity contribution in [1.29, 1.82) is 0 Å². The van der Waals surface area contributed by atoms with E-state index in [9.17, 15) is 4.39 Å². The van der Waals surface area contributed by atoms with E-state index in [0.717, 1.165) is 37.9 Å². The SMILES string of the molecule is NNC(c1cccc(F)c1)C1CCOC2(CCC2)C1. The minimum Gasteiger partial charge on any atom is -0.375 e. The summed E-state index contributed by atoms with van der Waals surface area (Å²) in [6, 6.07) is 6.74. The van der Waals surface area contributed by atoms with Crippen LogP contribution in [0.3, 0.4) is 0 Å². The van der Waals surface area contributed by atoms with Crippen molar-refractivity contribution in [2.45, 2.75) is 43.7 Å². The molecule has 0 radical (unpaired) electrons. The number of hydrogen-bond donors (Lipinski definition) is 2. The van der Waals surface area contributed by atoms with E-state index in [0.29, 0.717) is 5.92 Å². The lowest BCUT2D eigenvalue weighted by atomic mass is 9.70. The van der Waals surface area contributed by atoms with Gasteiger partial charge in [0, 0.05) is 12.6 Å². The van der Waals surface area contributed by atoms with Gasteiger partial charge in [0.15, 0.2) is 0 Å². The maximum absolute atomic E-state index is 13.4. The van der Waals surface area contributed by atoms with Gasteiger partial charge in [-0.25, -0.2) is 4.39 Å². The molecule has 2 atom stereocenters. The summed E-state index contributed by atoms with van der Waals surface area (Å²) in [4.78, 5) is 0. The van der Waals surface area contributed by atoms with Crippen molar-refractivity contribution < 1.29 is 9.13 Å². The first-order valence-electron chi connectivity index (χ1n) is 7.08. The summed E-state index contributed by atoms with van der Waals surface area (Å²) in [5.74, 6) is 5.93. The zero-order chi connectivity index (χ0) is 13.3. The van der Waals surface area contributed by atoms with Gasteiger partial charge in [-0.3, -0.25) is 11.3 Å². The Bertz CT molecular complexity index is 448. The second kappa shape index (κ2) is 5.19. The normalized spacial score (nSPS) is 26.9. The standard InChI is InChI=1S/C15H21FN2O/c16-13-4-1-3-11(9-13)14(18-17)12-5-8-19-15(10-12)6-2-7-15/h1,3-4,9,12,14,18H,2,5-8,10,17H2. The molecule has 104 valence electrons. The molecule has 3 rings (SSSR count). The van der Waals surface area contributed by atoms with Gasteiger partial charge in [0.2, 0.25) is 0 Å². The molecule has 1 heterocycles. The van der Waals surface area contributed by atoms with Crippen LogP contribution in [-0.4, -0.2) is 12.2 Å². The molecule has 1 spiro atoms. The van der Waals surface area contributed by atoms with E-state index < -0.39 is 0 Å². The molecule has 3 nitrogen and oxygen atoms in total. The number of ether oxygens (including phenoxy) is 1. The maximum atomic E-state index is 13.4. The minimum absolute atomic E-state index is 0.0112. The molecule has 2 fully saturated rings. The van der Waals surface area contributed by atoms with Crippen LogP contribution in [0.4, 0.5) is 4.39 Å². The van der Waals surface area contributed by atoms with Gasteiger partial charge in [-0.05, 0) is 55.7 Å². The Balaban J connectivity index is 1.78. The maximum Gasteiger partial charge on any atom is 0.123 e. The van der Waals surface area contributed by atoms with Gasteiger partial charge >= 0.3 is 0 Å². The van der Waals surface area contributed by atoms with Gasteiger partial charge in [0.05, 0.1) is 5.60 Å². The summed E-state index contributed by atoms with van der Waals surface area (Å²) in [7, 11) is 0. The third-order valence-electron chi connectivity index (χ3n) is 4.65. The van der Waals surface area contributed by atoms with Gasteiger partial charge in [0.1, 0.15) is 5.82 Å². The molecule has 0 aromatic heterocycles. The molecule has 3 N–H and O–H groups in total. The number of hydrogen-bond acceptors (Lipinski definition) is 3. The first-order chi connectivity index (χ1) is 9.22. The number of benzene rings is 1. The number of nitrogens with one attached hydrogen (secondary N) is 1. The molecule has 1 aromatic carbocycles. The predicted octanol–water partition coefficient (Wildman–Crippen LogP) is 2.68. The quantitative estimate of drug-likeness (QED) is 0.652. The smallest absolute Gasteiger partial charge is 0.123 e. The summed E-state index contributed by atoms with van der Waals surface area (Å²) < 4.78 is 19.3. The molecule has 1 aliphatic heterocycles. The molecule has 4 heteroatoms. The lowest BCUT2D eigenvalue weighted by Gasteiger charge is -2.48. The lowest BCUT2D eigenvalue weighted by Crippen LogP contribution is -2.48. The summed E-state index contributed by atoms with van der Waals surface area (Å²) >= 11 is 0. The average molecular weight is 264 g/mol. The third kappa shape index (κ3) is 2.53. The van der Waals surface area contributed by atoms with E-state index in [2.05, 4.69) is 5.43 Å². The van der Waals surface area contributed by atoms with Crippen molar-refractivity contribution in [2.24, 2.45) is 11.8 Å². The van der Waals surface area contributed by atoms with Crippen molar-refractivity contribution in [3.05, 3.63) is 35.6 Å². The first-order valence-corrected chi connectivity index (χ1v) is 7.08. The van der Waals surface area contributed by atoms with Crippen LogP contribution >= 0.6 is 0 Å². The Morgan fingerprint density at radius 2 is 2.26 bits per heavy atom. The monoisotopic (exact) mass is 264 g/mol. The fourth-order valence-electron chi connectivity index (χ4n) is 3.47. The number of nitrogens with two attached hydrogens (primary N) is 1. The Morgan fingerprint density at radius 1 is 1.42 bits per heavy atom. The largest absolute Gasteiger partial charge is 0.375 e. The highest BCUT2D eigenvalue weighted by atomic mass is 19.1. The van der Waals surface area contributed by atoms with Crippen LogP contribution in [-0.2, 0) is 4.74 Å². The van der Waals surface area contributed by atoms with Crippen molar-refractivity contribution >= 4 is 0 Å². The van der Waals surface area contributed by atoms with Crippen molar-refractivity contribution in [2.75, 3.05) is 6.61 Å². The van der Waals surface area contributed by atoms with Crippen LogP contribution in [0, 0.1) is 11.7 Å². The van der Waals surface area contributed by atoms with Crippen molar-refractivity contribution in [1.82, 2.24) is 5.43 Å². The van der Waals surface area contributed by atoms with Crippen molar-refractivity contribution in [3.63, 3.8) is 0 Å². The van der Waals surface area contributed by atoms with Crippen LogP contribution in [0.25, 0.3) is 0 Å². The first kappa shape index (κ1) is 13.0. The Hall–Kier alpha value is -0.970. The lowest BCUT2D eigenvalue weighted by molar-refractivity contribution is -0.147. The third-order valence-corrected chi connectivity index (χ3v) is 4.65. The van der Waals surface area contributed by atoms with E-state index in [1.807, 2.05) is 6.07 Å². The van der Waals surface area contributed by atoms with Crippen LogP contribution in [0.1, 0.15) is 43.7 Å². The summed E-state index contributed by atoms with van der Waals surface area (Å²) in [6.45, 7) is 0.790. The zero-order valence-corrected chi connectivity index (χ0v) is 11.1. The zero-order valence-electron chi connectivity index (χ0n) is 11.1. The Labute approximate surface area is 113 Å². The topological polar surface area (TPSA) is 47.3 Å². The number of halogens is 1. The van der Waals surface area contributed by atoms with Gasteiger partial charge in [-0.1, -0.05) is 12.1 Å². The highest BCUT2D eigenvalue weighted by Gasteiger charge is 2.44. The summed E-state index contributed by atoms with van der Waals surface area (Å²) in [5.41, 5.74) is 3.90. The molecule has 1 saturated heterocycles. The van der Waals surface area contributed by atoms with Crippen LogP contribution in [0.5, 0.6) is 0 Å². The second-order valence-electron chi connectivity index (χ2n) is 5.84. The van der Waals surface area contributed by atoms with E-state index in [1.165, 1.54) is 12.5 Å². The fraction of sp³-hybridized carbons (Fsp3) is 0.600. The highest BCUT2D eigenvalue weighted by molar-refractivity contribution is 5.21. The van der Waals surface area contributed by atoms with E-state index in [-0.39, 0.29) is 17.5 Å². The summed E-state index contributed by atoms with van der Waals surface area (Å²) in [5, 5.41) is 0. The van der Waals surface area contributed by atoms with Crippen LogP contribution in [0.15, 0.2) is 24.3 Å². The van der Waals surface area contributed by atoms with Crippen molar-refractivity contribution in [3.8, 4) is 0 Å². The fourth-order valence-corrected chi connectivity index (χ4v) is 3.47. The average Bonchev–Trinajstić information content (AvgIpc) is 2.38. The Morgan fingerprint density at radius 3 is 2.89 bits per heavy atom. The van der Waals surface area contributed by atoms with Crippen LogP contribution < -0.4 is 11.3 Å². The second-order valence-corrected chi connectivity index (χ2v) is 5.84. The molecule has 1 aromatic rings. The van der Waals surface area contributed by atoms with Gasteiger partial charge in [0.25, 0.3) is 0 Å².